The van der Waals surface area contributed by atoms with Crippen LogP contribution in [-0.4, -0.2) is 35.6 Å². The Morgan fingerprint density at radius 3 is 2.54 bits per heavy atom. The largest absolute Gasteiger partial charge is 0.331 e. The van der Waals surface area contributed by atoms with E-state index in [9.17, 15) is 4.79 Å². The number of halogens is 1. The minimum atomic E-state index is -0.109. The number of carbonyl (C=O) groups excluding carboxylic acids is 1. The maximum Gasteiger partial charge on any atom is 0.319 e. The van der Waals surface area contributed by atoms with Gasteiger partial charge >= 0.3 is 6.03 Å². The Morgan fingerprint density at radius 1 is 1.07 bits per heavy atom. The van der Waals surface area contributed by atoms with Gasteiger partial charge in [-0.3, -0.25) is 4.90 Å². The number of urea groups is 1. The van der Waals surface area contributed by atoms with Crippen LogP contribution in [0.1, 0.15) is 37.7 Å². The number of para-hydroxylation sites is 1. The molecule has 2 aromatic rings. The van der Waals surface area contributed by atoms with Crippen LogP contribution in [0.3, 0.4) is 0 Å². The lowest BCUT2D eigenvalue weighted by Crippen LogP contribution is -2.61. The summed E-state index contributed by atoms with van der Waals surface area (Å²) in [5.41, 5.74) is 1.94. The van der Waals surface area contributed by atoms with Crippen LogP contribution in [-0.2, 0) is 6.42 Å². The quantitative estimate of drug-likeness (QED) is 0.712. The van der Waals surface area contributed by atoms with Crippen molar-refractivity contribution in [3.63, 3.8) is 0 Å². The summed E-state index contributed by atoms with van der Waals surface area (Å²) in [6, 6.07) is 18.2. The van der Waals surface area contributed by atoms with E-state index >= 15 is 0 Å². The summed E-state index contributed by atoms with van der Waals surface area (Å²) in [6.45, 7) is 2.02. The first kappa shape index (κ1) is 19.3. The van der Waals surface area contributed by atoms with Crippen LogP contribution in [0.5, 0.6) is 0 Å². The molecule has 1 saturated heterocycles. The fourth-order valence-corrected chi connectivity index (χ4v) is 4.70. The van der Waals surface area contributed by atoms with Crippen LogP contribution in [0, 0.1) is 0 Å². The topological polar surface area (TPSA) is 44.4 Å². The summed E-state index contributed by atoms with van der Waals surface area (Å²) >= 11 is 6.38. The van der Waals surface area contributed by atoms with Gasteiger partial charge in [0, 0.05) is 23.3 Å². The van der Waals surface area contributed by atoms with Crippen molar-refractivity contribution in [3.8, 4) is 0 Å². The van der Waals surface area contributed by atoms with Gasteiger partial charge in [-0.2, -0.15) is 0 Å². The highest BCUT2D eigenvalue weighted by atomic mass is 35.5. The van der Waals surface area contributed by atoms with Gasteiger partial charge in [0.2, 0.25) is 0 Å². The van der Waals surface area contributed by atoms with Crippen LogP contribution in [0.4, 0.5) is 10.5 Å². The highest BCUT2D eigenvalue weighted by Crippen LogP contribution is 2.35. The van der Waals surface area contributed by atoms with Crippen LogP contribution in [0.2, 0.25) is 5.02 Å². The maximum atomic E-state index is 12.6. The molecule has 1 aliphatic heterocycles. The fraction of sp³-hybridized carbons (Fsp3) is 0.435. The van der Waals surface area contributed by atoms with Crippen molar-refractivity contribution in [2.75, 3.05) is 18.4 Å². The molecule has 4 nitrogen and oxygen atoms in total. The van der Waals surface area contributed by atoms with E-state index in [1.165, 1.54) is 24.8 Å². The molecule has 2 N–H and O–H groups in total. The molecular formula is C23H28ClN3O. The molecule has 1 aliphatic carbocycles. The third-order valence-electron chi connectivity index (χ3n) is 6.14. The van der Waals surface area contributed by atoms with Crippen molar-refractivity contribution < 1.29 is 4.79 Å². The average Bonchev–Trinajstić information content (AvgIpc) is 3.09. The second-order valence-corrected chi connectivity index (χ2v) is 8.55. The lowest BCUT2D eigenvalue weighted by molar-refractivity contribution is 0.109. The molecule has 2 aromatic carbocycles. The molecule has 1 heterocycles. The normalized spacial score (nSPS) is 21.1. The number of hydrogen-bond donors (Lipinski definition) is 2. The summed E-state index contributed by atoms with van der Waals surface area (Å²) in [5.74, 6) is 0. The average molecular weight is 398 g/mol. The number of nitrogens with one attached hydrogen (secondary N) is 2. The van der Waals surface area contributed by atoms with E-state index in [1.807, 2.05) is 42.5 Å². The van der Waals surface area contributed by atoms with Gasteiger partial charge in [-0.05, 0) is 68.8 Å². The van der Waals surface area contributed by atoms with Gasteiger partial charge in [0.25, 0.3) is 0 Å². The highest BCUT2D eigenvalue weighted by molar-refractivity contribution is 6.31. The Bertz CT molecular complexity index is 807. The van der Waals surface area contributed by atoms with Crippen molar-refractivity contribution in [3.05, 3.63) is 65.2 Å². The zero-order chi connectivity index (χ0) is 19.4. The van der Waals surface area contributed by atoms with Gasteiger partial charge in [0.15, 0.2) is 0 Å². The first-order valence-electron chi connectivity index (χ1n) is 10.3. The molecule has 4 rings (SSSR count). The van der Waals surface area contributed by atoms with E-state index in [1.54, 1.807) is 0 Å². The SMILES string of the molecule is O=C(Nc1ccccc1)NC1(CN2CCCC2Cc2ccccc2Cl)CCC1. The van der Waals surface area contributed by atoms with E-state index in [2.05, 4.69) is 27.7 Å². The molecule has 1 atom stereocenters. The van der Waals surface area contributed by atoms with Crippen LogP contribution >= 0.6 is 11.6 Å². The van der Waals surface area contributed by atoms with Gasteiger partial charge in [0.05, 0.1) is 5.54 Å². The molecule has 0 aromatic heterocycles. The van der Waals surface area contributed by atoms with Crippen molar-refractivity contribution in [1.82, 2.24) is 10.2 Å². The Kier molecular flexibility index (Phi) is 5.88. The van der Waals surface area contributed by atoms with E-state index in [-0.39, 0.29) is 11.6 Å². The predicted molar refractivity (Wildman–Crippen MR) is 115 cm³/mol. The summed E-state index contributed by atoms with van der Waals surface area (Å²) in [6.07, 6.45) is 6.65. The minimum Gasteiger partial charge on any atom is -0.331 e. The van der Waals surface area contributed by atoms with E-state index < -0.39 is 0 Å². The standard InChI is InChI=1S/C23H28ClN3O/c24-21-12-5-4-8-18(21)16-20-11-6-15-27(20)17-23(13-7-14-23)26-22(28)25-19-9-2-1-3-10-19/h1-5,8-10,12,20H,6-7,11,13-17H2,(H2,25,26,28). The number of hydrogen-bond acceptors (Lipinski definition) is 2. The Labute approximate surface area is 172 Å². The van der Waals surface area contributed by atoms with E-state index in [0.29, 0.717) is 6.04 Å². The summed E-state index contributed by atoms with van der Waals surface area (Å²) in [7, 11) is 0. The van der Waals surface area contributed by atoms with Gasteiger partial charge in [-0.1, -0.05) is 48.0 Å². The second-order valence-electron chi connectivity index (χ2n) is 8.14. The van der Waals surface area contributed by atoms with E-state index in [4.69, 9.17) is 11.6 Å². The highest BCUT2D eigenvalue weighted by Gasteiger charge is 2.42. The van der Waals surface area contributed by atoms with Crippen LogP contribution in [0.25, 0.3) is 0 Å². The fourth-order valence-electron chi connectivity index (χ4n) is 4.49. The molecule has 0 bridgehead atoms. The van der Waals surface area contributed by atoms with Crippen molar-refractivity contribution >= 4 is 23.3 Å². The first-order chi connectivity index (χ1) is 13.6. The molecule has 2 amide bonds. The van der Waals surface area contributed by atoms with Gasteiger partial charge < -0.3 is 10.6 Å². The zero-order valence-electron chi connectivity index (χ0n) is 16.2. The third-order valence-corrected chi connectivity index (χ3v) is 6.51. The number of amides is 2. The molecule has 28 heavy (non-hydrogen) atoms. The lowest BCUT2D eigenvalue weighted by Gasteiger charge is -2.46. The monoisotopic (exact) mass is 397 g/mol. The summed E-state index contributed by atoms with van der Waals surface area (Å²) in [4.78, 5) is 15.1. The molecule has 0 spiro atoms. The van der Waals surface area contributed by atoms with E-state index in [0.717, 1.165) is 43.1 Å². The Morgan fingerprint density at radius 2 is 1.82 bits per heavy atom. The minimum absolute atomic E-state index is 0.104. The lowest BCUT2D eigenvalue weighted by atomic mass is 9.76. The first-order valence-corrected chi connectivity index (χ1v) is 10.6. The molecule has 0 radical (unpaired) electrons. The van der Waals surface area contributed by atoms with Crippen molar-refractivity contribution in [2.24, 2.45) is 0 Å². The number of anilines is 1. The van der Waals surface area contributed by atoms with Gasteiger partial charge in [0.1, 0.15) is 0 Å². The molecule has 2 aliphatic rings. The maximum absolute atomic E-state index is 12.6. The smallest absolute Gasteiger partial charge is 0.319 e. The third kappa shape index (κ3) is 4.50. The molecule has 148 valence electrons. The molecule has 1 saturated carbocycles. The zero-order valence-corrected chi connectivity index (χ0v) is 16.9. The second kappa shape index (κ2) is 8.54. The number of rotatable bonds is 6. The number of nitrogens with zero attached hydrogens (tertiary/aromatic N) is 1. The van der Waals surface area contributed by atoms with Crippen molar-refractivity contribution in [1.29, 1.82) is 0 Å². The number of likely N-dealkylation sites (tertiary alicyclic amines) is 1. The number of carbonyl (C=O) groups is 1. The molecular weight excluding hydrogens is 370 g/mol. The van der Waals surface area contributed by atoms with Crippen molar-refractivity contribution in [2.45, 2.75) is 50.1 Å². The van der Waals surface area contributed by atoms with Gasteiger partial charge in [-0.25, -0.2) is 4.79 Å². The number of benzene rings is 2. The Balaban J connectivity index is 1.38. The molecule has 5 heteroatoms. The molecule has 1 unspecified atom stereocenters. The molecule has 2 fully saturated rings. The Hall–Kier alpha value is -2.04. The predicted octanol–water partition coefficient (Wildman–Crippen LogP) is 5.09. The van der Waals surface area contributed by atoms with Crippen LogP contribution < -0.4 is 10.6 Å². The summed E-state index contributed by atoms with van der Waals surface area (Å²) < 4.78 is 0. The summed E-state index contributed by atoms with van der Waals surface area (Å²) in [5, 5.41) is 7.10. The van der Waals surface area contributed by atoms with Gasteiger partial charge in [-0.15, -0.1) is 0 Å². The van der Waals surface area contributed by atoms with Crippen LogP contribution in [0.15, 0.2) is 54.6 Å².